The van der Waals surface area contributed by atoms with Crippen LogP contribution in [0.25, 0.3) is 0 Å². The third-order valence-electron chi connectivity index (χ3n) is 4.82. The van der Waals surface area contributed by atoms with Crippen molar-refractivity contribution in [1.82, 2.24) is 14.7 Å². The zero-order valence-corrected chi connectivity index (χ0v) is 13.8. The predicted molar refractivity (Wildman–Crippen MR) is 91.0 cm³/mol. The van der Waals surface area contributed by atoms with Gasteiger partial charge in [-0.1, -0.05) is 0 Å². The highest BCUT2D eigenvalue weighted by Crippen LogP contribution is 2.38. The van der Waals surface area contributed by atoms with Crippen molar-refractivity contribution >= 4 is 5.91 Å². The molecule has 0 bridgehead atoms. The Bertz CT molecular complexity index is 900. The molecule has 0 N–H and O–H groups in total. The van der Waals surface area contributed by atoms with Crippen molar-refractivity contribution in [2.24, 2.45) is 5.92 Å². The van der Waals surface area contributed by atoms with Crippen LogP contribution >= 0.6 is 0 Å². The van der Waals surface area contributed by atoms with E-state index in [0.717, 1.165) is 18.5 Å². The summed E-state index contributed by atoms with van der Waals surface area (Å²) in [5, 5.41) is 13.3. The molecule has 2 fully saturated rings. The van der Waals surface area contributed by atoms with Crippen LogP contribution in [0.5, 0.6) is 0 Å². The van der Waals surface area contributed by atoms with Gasteiger partial charge in [0.2, 0.25) is 0 Å². The summed E-state index contributed by atoms with van der Waals surface area (Å²) < 4.78 is 1.54. The van der Waals surface area contributed by atoms with Crippen molar-refractivity contribution in [3.8, 4) is 6.07 Å². The van der Waals surface area contributed by atoms with Crippen LogP contribution in [0.2, 0.25) is 0 Å². The van der Waals surface area contributed by atoms with E-state index < -0.39 is 0 Å². The molecule has 0 spiro atoms. The normalized spacial score (nSPS) is 17.0. The van der Waals surface area contributed by atoms with Gasteiger partial charge in [-0.05, 0) is 43.2 Å². The summed E-state index contributed by atoms with van der Waals surface area (Å²) >= 11 is 0. The molecule has 1 saturated carbocycles. The zero-order valence-electron chi connectivity index (χ0n) is 13.8. The van der Waals surface area contributed by atoms with Gasteiger partial charge in [0.25, 0.3) is 11.5 Å². The smallest absolute Gasteiger partial charge is 0.266 e. The standard InChI is InChI=1S/C19H18N4O2/c20-9-13-1-3-16(4-2-13)19(25)22-10-14(11-22)12-23-18(24)8-7-17(21-23)15-5-6-15/h1-4,7-8,14-15H,5-6,10-12H2. The Labute approximate surface area is 145 Å². The van der Waals surface area contributed by atoms with E-state index >= 15 is 0 Å². The highest BCUT2D eigenvalue weighted by molar-refractivity contribution is 5.94. The zero-order chi connectivity index (χ0) is 17.4. The molecule has 2 aromatic rings. The number of nitrogens with zero attached hydrogens (tertiary/aromatic N) is 4. The summed E-state index contributed by atoms with van der Waals surface area (Å²) in [6.45, 7) is 1.80. The van der Waals surface area contributed by atoms with Crippen LogP contribution in [0.4, 0.5) is 0 Å². The number of hydrogen-bond acceptors (Lipinski definition) is 4. The Kier molecular flexibility index (Phi) is 3.85. The molecule has 0 atom stereocenters. The minimum Gasteiger partial charge on any atom is -0.338 e. The van der Waals surface area contributed by atoms with Gasteiger partial charge in [-0.2, -0.15) is 10.4 Å². The highest BCUT2D eigenvalue weighted by atomic mass is 16.2. The molecular weight excluding hydrogens is 316 g/mol. The number of hydrogen-bond donors (Lipinski definition) is 0. The molecule has 1 saturated heterocycles. The van der Waals surface area contributed by atoms with E-state index in [1.165, 1.54) is 0 Å². The first kappa shape index (κ1) is 15.6. The summed E-state index contributed by atoms with van der Waals surface area (Å²) in [5.74, 6) is 0.734. The van der Waals surface area contributed by atoms with Crippen molar-refractivity contribution in [2.45, 2.75) is 25.3 Å². The third-order valence-corrected chi connectivity index (χ3v) is 4.82. The summed E-state index contributed by atoms with van der Waals surface area (Å²) in [7, 11) is 0. The van der Waals surface area contributed by atoms with E-state index in [0.29, 0.717) is 36.7 Å². The van der Waals surface area contributed by atoms with E-state index in [1.807, 2.05) is 12.1 Å². The average Bonchev–Trinajstić information content (AvgIpc) is 3.44. The number of carbonyl (C=O) groups is 1. The van der Waals surface area contributed by atoms with Gasteiger partial charge in [0.15, 0.2) is 0 Å². The van der Waals surface area contributed by atoms with Crippen molar-refractivity contribution < 1.29 is 4.79 Å². The molecule has 4 rings (SSSR count). The molecule has 1 aliphatic carbocycles. The summed E-state index contributed by atoms with van der Waals surface area (Å²) in [6.07, 6.45) is 2.31. The summed E-state index contributed by atoms with van der Waals surface area (Å²) in [4.78, 5) is 26.1. The van der Waals surface area contributed by atoms with Gasteiger partial charge < -0.3 is 4.90 Å². The van der Waals surface area contributed by atoms with Crippen LogP contribution in [-0.2, 0) is 6.54 Å². The van der Waals surface area contributed by atoms with Gasteiger partial charge in [-0.25, -0.2) is 4.68 Å². The molecule has 1 amide bonds. The molecule has 6 heteroatoms. The van der Waals surface area contributed by atoms with Crippen molar-refractivity contribution in [3.05, 3.63) is 63.6 Å². The van der Waals surface area contributed by atoms with Crippen molar-refractivity contribution in [3.63, 3.8) is 0 Å². The highest BCUT2D eigenvalue weighted by Gasteiger charge is 2.32. The number of likely N-dealkylation sites (tertiary alicyclic amines) is 1. The van der Waals surface area contributed by atoms with Crippen LogP contribution in [0.3, 0.4) is 0 Å². The fourth-order valence-electron chi connectivity index (χ4n) is 3.16. The molecular formula is C19H18N4O2. The topological polar surface area (TPSA) is 79.0 Å². The maximum atomic E-state index is 12.4. The Morgan fingerprint density at radius 1 is 1.16 bits per heavy atom. The van der Waals surface area contributed by atoms with Crippen LogP contribution in [-0.4, -0.2) is 33.7 Å². The molecule has 1 aromatic carbocycles. The van der Waals surface area contributed by atoms with E-state index in [1.54, 1.807) is 39.9 Å². The molecule has 0 unspecified atom stereocenters. The average molecular weight is 334 g/mol. The Hall–Kier alpha value is -2.94. The second kappa shape index (κ2) is 6.17. The lowest BCUT2D eigenvalue weighted by Crippen LogP contribution is -2.52. The minimum absolute atomic E-state index is 0.0345. The quantitative estimate of drug-likeness (QED) is 0.853. The first-order valence-corrected chi connectivity index (χ1v) is 8.51. The van der Waals surface area contributed by atoms with E-state index in [-0.39, 0.29) is 17.4 Å². The van der Waals surface area contributed by atoms with Gasteiger partial charge in [0.1, 0.15) is 0 Å². The Morgan fingerprint density at radius 2 is 1.88 bits per heavy atom. The second-order valence-electron chi connectivity index (χ2n) is 6.82. The first-order valence-electron chi connectivity index (χ1n) is 8.51. The van der Waals surface area contributed by atoms with Crippen LogP contribution in [0.15, 0.2) is 41.2 Å². The number of amides is 1. The third kappa shape index (κ3) is 3.18. The monoisotopic (exact) mass is 334 g/mol. The molecule has 126 valence electrons. The van der Waals surface area contributed by atoms with E-state index in [9.17, 15) is 9.59 Å². The van der Waals surface area contributed by atoms with Gasteiger partial charge in [-0.15, -0.1) is 0 Å². The number of aromatic nitrogens is 2. The lowest BCUT2D eigenvalue weighted by molar-refractivity contribution is 0.0458. The molecule has 2 heterocycles. The molecule has 0 radical (unpaired) electrons. The molecule has 2 aliphatic rings. The number of nitriles is 1. The van der Waals surface area contributed by atoms with Gasteiger partial charge in [0, 0.05) is 36.6 Å². The lowest BCUT2D eigenvalue weighted by Gasteiger charge is -2.39. The van der Waals surface area contributed by atoms with Crippen LogP contribution in [0, 0.1) is 17.2 Å². The summed E-state index contributed by atoms with van der Waals surface area (Å²) in [5.41, 5.74) is 2.05. The first-order chi connectivity index (χ1) is 12.1. The molecule has 25 heavy (non-hydrogen) atoms. The second-order valence-corrected chi connectivity index (χ2v) is 6.82. The SMILES string of the molecule is N#Cc1ccc(C(=O)N2CC(Cn3nc(C4CC4)ccc3=O)C2)cc1. The van der Waals surface area contributed by atoms with Gasteiger partial charge in [0.05, 0.1) is 23.9 Å². The number of carbonyl (C=O) groups excluding carboxylic acids is 1. The molecule has 1 aliphatic heterocycles. The van der Waals surface area contributed by atoms with Gasteiger partial charge >= 0.3 is 0 Å². The maximum absolute atomic E-state index is 12.4. The Morgan fingerprint density at radius 3 is 2.52 bits per heavy atom. The van der Waals surface area contributed by atoms with Crippen LogP contribution in [0.1, 0.15) is 40.4 Å². The largest absolute Gasteiger partial charge is 0.338 e. The Balaban J connectivity index is 1.37. The number of rotatable bonds is 4. The molecule has 6 nitrogen and oxygen atoms in total. The molecule has 1 aromatic heterocycles. The fourth-order valence-corrected chi connectivity index (χ4v) is 3.16. The van der Waals surface area contributed by atoms with E-state index in [4.69, 9.17) is 5.26 Å². The maximum Gasteiger partial charge on any atom is 0.266 e. The van der Waals surface area contributed by atoms with E-state index in [2.05, 4.69) is 5.10 Å². The minimum atomic E-state index is -0.0822. The van der Waals surface area contributed by atoms with Crippen molar-refractivity contribution in [1.29, 1.82) is 5.26 Å². The van der Waals surface area contributed by atoms with Gasteiger partial charge in [-0.3, -0.25) is 9.59 Å². The number of benzene rings is 1. The predicted octanol–water partition coefficient (Wildman–Crippen LogP) is 1.76. The summed E-state index contributed by atoms with van der Waals surface area (Å²) in [6, 6.07) is 12.1. The van der Waals surface area contributed by atoms with Crippen molar-refractivity contribution in [2.75, 3.05) is 13.1 Å². The fraction of sp³-hybridized carbons (Fsp3) is 0.368. The van der Waals surface area contributed by atoms with Crippen LogP contribution < -0.4 is 5.56 Å². The lowest BCUT2D eigenvalue weighted by atomic mass is 9.98.